The number of carbonyl (C=O) groups excluding carboxylic acids is 1. The molecule has 1 fully saturated rings. The fraction of sp³-hybridized carbons (Fsp3) is 0.364. The largest absolute Gasteiger partial charge is 0.328 e. The number of piperidine rings is 1. The van der Waals surface area contributed by atoms with Crippen LogP contribution in [0, 0.1) is 5.92 Å². The SMILES string of the molecule is Cn1c(=O)n(C)c2cc(NC(=O)C3CCN(Cc4ccc(Cl)cc4)CC3)ccc21. The zero-order valence-electron chi connectivity index (χ0n) is 16.7. The lowest BCUT2D eigenvalue weighted by Gasteiger charge is -2.31. The summed E-state index contributed by atoms with van der Waals surface area (Å²) in [6.45, 7) is 2.67. The second-order valence-corrected chi connectivity index (χ2v) is 8.21. The van der Waals surface area contributed by atoms with E-state index >= 15 is 0 Å². The van der Waals surface area contributed by atoms with E-state index in [4.69, 9.17) is 11.6 Å². The number of anilines is 1. The number of hydrogen-bond donors (Lipinski definition) is 1. The quantitative estimate of drug-likeness (QED) is 0.714. The lowest BCUT2D eigenvalue weighted by Crippen LogP contribution is -2.37. The van der Waals surface area contributed by atoms with Gasteiger partial charge in [-0.3, -0.25) is 18.8 Å². The molecular formula is C22H25ClN4O2. The molecule has 1 aliphatic heterocycles. The number of aromatic nitrogens is 2. The molecule has 1 saturated heterocycles. The van der Waals surface area contributed by atoms with Gasteiger partial charge in [-0.15, -0.1) is 0 Å². The van der Waals surface area contributed by atoms with Gasteiger partial charge in [-0.1, -0.05) is 23.7 Å². The molecule has 4 rings (SSSR count). The Bertz CT molecular complexity index is 1090. The molecule has 0 radical (unpaired) electrons. The van der Waals surface area contributed by atoms with Gasteiger partial charge in [-0.05, 0) is 61.8 Å². The molecule has 0 spiro atoms. The Hall–Kier alpha value is -2.57. The number of nitrogens with one attached hydrogen (secondary N) is 1. The van der Waals surface area contributed by atoms with E-state index < -0.39 is 0 Å². The predicted molar refractivity (Wildman–Crippen MR) is 116 cm³/mol. The minimum absolute atomic E-state index is 0.00626. The highest BCUT2D eigenvalue weighted by atomic mass is 35.5. The van der Waals surface area contributed by atoms with E-state index in [1.807, 2.05) is 42.5 Å². The van der Waals surface area contributed by atoms with Crippen molar-refractivity contribution < 1.29 is 4.79 Å². The lowest BCUT2D eigenvalue weighted by atomic mass is 9.95. The summed E-state index contributed by atoms with van der Waals surface area (Å²) >= 11 is 5.95. The smallest absolute Gasteiger partial charge is 0.326 e. The van der Waals surface area contributed by atoms with E-state index in [9.17, 15) is 9.59 Å². The van der Waals surface area contributed by atoms with Gasteiger partial charge in [0.25, 0.3) is 0 Å². The van der Waals surface area contributed by atoms with Crippen LogP contribution in [0.2, 0.25) is 5.02 Å². The fourth-order valence-corrected chi connectivity index (χ4v) is 4.16. The fourth-order valence-electron chi connectivity index (χ4n) is 4.03. The van der Waals surface area contributed by atoms with E-state index in [0.717, 1.165) is 54.2 Å². The van der Waals surface area contributed by atoms with Crippen LogP contribution in [-0.4, -0.2) is 33.0 Å². The molecule has 6 nitrogen and oxygen atoms in total. The zero-order valence-corrected chi connectivity index (χ0v) is 17.4. The first-order valence-corrected chi connectivity index (χ1v) is 10.2. The number of hydrogen-bond acceptors (Lipinski definition) is 3. The van der Waals surface area contributed by atoms with Crippen LogP contribution in [0.3, 0.4) is 0 Å². The maximum atomic E-state index is 12.7. The first-order valence-electron chi connectivity index (χ1n) is 9.85. The highest BCUT2D eigenvalue weighted by Gasteiger charge is 2.25. The van der Waals surface area contributed by atoms with Crippen molar-refractivity contribution in [2.45, 2.75) is 19.4 Å². The number of halogens is 1. The number of nitrogens with zero attached hydrogens (tertiary/aromatic N) is 3. The number of carbonyl (C=O) groups is 1. The number of aryl methyl sites for hydroxylation is 2. The minimum atomic E-state index is -0.0727. The molecule has 0 saturated carbocycles. The van der Waals surface area contributed by atoms with E-state index in [1.165, 1.54) is 5.56 Å². The van der Waals surface area contributed by atoms with Crippen molar-refractivity contribution in [1.82, 2.24) is 14.0 Å². The van der Waals surface area contributed by atoms with Crippen LogP contribution in [0.4, 0.5) is 5.69 Å². The standard InChI is InChI=1S/C22H25ClN4O2/c1-25-19-8-7-18(13-20(19)26(2)22(25)29)24-21(28)16-9-11-27(12-10-16)14-15-3-5-17(23)6-4-15/h3-8,13,16H,9-12,14H2,1-2H3,(H,24,28). The van der Waals surface area contributed by atoms with Crippen molar-refractivity contribution in [3.63, 3.8) is 0 Å². The number of likely N-dealkylation sites (tertiary alicyclic amines) is 1. The lowest BCUT2D eigenvalue weighted by molar-refractivity contribution is -0.121. The van der Waals surface area contributed by atoms with Gasteiger partial charge >= 0.3 is 5.69 Å². The van der Waals surface area contributed by atoms with Crippen molar-refractivity contribution in [2.24, 2.45) is 20.0 Å². The Morgan fingerprint density at radius 2 is 1.69 bits per heavy atom. The Labute approximate surface area is 174 Å². The van der Waals surface area contributed by atoms with Gasteiger partial charge in [0.05, 0.1) is 11.0 Å². The Kier molecular flexibility index (Phi) is 5.48. The molecule has 0 bridgehead atoms. The maximum Gasteiger partial charge on any atom is 0.328 e. The van der Waals surface area contributed by atoms with E-state index in [0.29, 0.717) is 0 Å². The van der Waals surface area contributed by atoms with Crippen LogP contribution < -0.4 is 11.0 Å². The molecule has 1 amide bonds. The van der Waals surface area contributed by atoms with Crippen LogP contribution in [0.25, 0.3) is 11.0 Å². The Morgan fingerprint density at radius 3 is 2.38 bits per heavy atom. The monoisotopic (exact) mass is 412 g/mol. The number of benzene rings is 2. The Morgan fingerprint density at radius 1 is 1.03 bits per heavy atom. The van der Waals surface area contributed by atoms with Gasteiger partial charge in [0.15, 0.2) is 0 Å². The van der Waals surface area contributed by atoms with Gasteiger partial charge in [-0.2, -0.15) is 0 Å². The summed E-state index contributed by atoms with van der Waals surface area (Å²) in [6, 6.07) is 13.5. The molecule has 152 valence electrons. The molecule has 1 N–H and O–H groups in total. The topological polar surface area (TPSA) is 59.3 Å². The van der Waals surface area contributed by atoms with Crippen LogP contribution >= 0.6 is 11.6 Å². The zero-order chi connectivity index (χ0) is 20.5. The van der Waals surface area contributed by atoms with Crippen molar-refractivity contribution >= 4 is 34.2 Å². The second-order valence-electron chi connectivity index (χ2n) is 7.77. The summed E-state index contributed by atoms with van der Waals surface area (Å²) in [6.07, 6.45) is 1.68. The molecule has 0 aliphatic carbocycles. The van der Waals surface area contributed by atoms with Gasteiger partial charge in [-0.25, -0.2) is 4.79 Å². The average Bonchev–Trinajstić information content (AvgIpc) is 2.94. The van der Waals surface area contributed by atoms with Gasteiger partial charge in [0.2, 0.25) is 5.91 Å². The van der Waals surface area contributed by atoms with Crippen LogP contribution in [0.5, 0.6) is 0 Å². The van der Waals surface area contributed by atoms with Crippen molar-refractivity contribution in [2.75, 3.05) is 18.4 Å². The number of fused-ring (bicyclic) bond motifs is 1. The molecule has 29 heavy (non-hydrogen) atoms. The van der Waals surface area contributed by atoms with Crippen molar-refractivity contribution in [1.29, 1.82) is 0 Å². The summed E-state index contributed by atoms with van der Waals surface area (Å²) < 4.78 is 3.21. The summed E-state index contributed by atoms with van der Waals surface area (Å²) in [5.41, 5.74) is 3.56. The van der Waals surface area contributed by atoms with Gasteiger partial charge in [0.1, 0.15) is 0 Å². The highest BCUT2D eigenvalue weighted by Crippen LogP contribution is 2.23. The third-order valence-corrected chi connectivity index (χ3v) is 6.07. The second kappa shape index (κ2) is 8.05. The average molecular weight is 413 g/mol. The van der Waals surface area contributed by atoms with Crippen LogP contribution in [-0.2, 0) is 25.4 Å². The molecule has 2 heterocycles. The summed E-state index contributed by atoms with van der Waals surface area (Å²) in [7, 11) is 3.49. The third kappa shape index (κ3) is 4.09. The van der Waals surface area contributed by atoms with E-state index in [2.05, 4.69) is 10.2 Å². The summed E-state index contributed by atoms with van der Waals surface area (Å²) in [4.78, 5) is 27.2. The molecule has 1 aromatic heterocycles. The highest BCUT2D eigenvalue weighted by molar-refractivity contribution is 6.30. The normalized spacial score (nSPS) is 15.7. The molecule has 1 aliphatic rings. The Balaban J connectivity index is 1.36. The molecule has 7 heteroatoms. The molecule has 2 aromatic carbocycles. The number of rotatable bonds is 4. The van der Waals surface area contributed by atoms with Crippen molar-refractivity contribution in [3.05, 3.63) is 63.5 Å². The first kappa shape index (κ1) is 19.7. The molecule has 3 aromatic rings. The van der Waals surface area contributed by atoms with Crippen molar-refractivity contribution in [3.8, 4) is 0 Å². The summed E-state index contributed by atoms with van der Waals surface area (Å²) in [5, 5.41) is 3.78. The minimum Gasteiger partial charge on any atom is -0.326 e. The third-order valence-electron chi connectivity index (χ3n) is 5.82. The van der Waals surface area contributed by atoms with E-state index in [1.54, 1.807) is 23.2 Å². The van der Waals surface area contributed by atoms with Crippen LogP contribution in [0.15, 0.2) is 47.3 Å². The van der Waals surface area contributed by atoms with E-state index in [-0.39, 0.29) is 17.5 Å². The maximum absolute atomic E-state index is 12.7. The number of imidazole rings is 1. The predicted octanol–water partition coefficient (Wildman–Crippen LogP) is 3.38. The molecular weight excluding hydrogens is 388 g/mol. The van der Waals surface area contributed by atoms with Gasteiger partial charge in [0, 0.05) is 37.3 Å². The molecule has 0 unspecified atom stereocenters. The van der Waals surface area contributed by atoms with Crippen LogP contribution in [0.1, 0.15) is 18.4 Å². The first-order chi connectivity index (χ1) is 13.9. The summed E-state index contributed by atoms with van der Waals surface area (Å²) in [5.74, 6) is 0.0585. The number of amides is 1. The molecule has 0 atom stereocenters. The van der Waals surface area contributed by atoms with Gasteiger partial charge < -0.3 is 5.32 Å².